The molecule has 1 N–H and O–H groups in total. The average molecular weight is 299 g/mol. The maximum atomic E-state index is 12.7. The predicted molar refractivity (Wildman–Crippen MR) is 79.9 cm³/mol. The van der Waals surface area contributed by atoms with Crippen molar-refractivity contribution < 1.29 is 19.4 Å². The second-order valence-corrected chi connectivity index (χ2v) is 7.21. The summed E-state index contributed by atoms with van der Waals surface area (Å²) >= 11 is 0. The lowest BCUT2D eigenvalue weighted by Gasteiger charge is -2.42. The number of aliphatic hydroxyl groups is 1. The summed E-state index contributed by atoms with van der Waals surface area (Å²) in [4.78, 5) is 14.4. The van der Waals surface area contributed by atoms with E-state index in [1.165, 1.54) is 6.42 Å². The smallest absolute Gasteiger partial charge is 0.413 e. The molecule has 1 aliphatic heterocycles. The monoisotopic (exact) mass is 299 g/mol. The van der Waals surface area contributed by atoms with E-state index in [4.69, 9.17) is 9.47 Å². The standard InChI is InChI=1S/C16H29NO4/c1-5-13(18)12-11-20-16(9-7-6-8-10-16)17(12)14(19)21-15(2,3)4/h12-13,18H,5-11H2,1-4H3/t12-,13-/m1/s1. The SMILES string of the molecule is CC[C@@H](O)[C@H]1COC2(CCCCC2)N1C(=O)OC(C)(C)C. The molecule has 0 aromatic carbocycles. The Labute approximate surface area is 127 Å². The van der Waals surface area contributed by atoms with Crippen LogP contribution in [0.4, 0.5) is 4.79 Å². The van der Waals surface area contributed by atoms with Gasteiger partial charge in [0.1, 0.15) is 11.3 Å². The molecule has 122 valence electrons. The average Bonchev–Trinajstić information content (AvgIpc) is 2.76. The zero-order valence-electron chi connectivity index (χ0n) is 13.7. The molecule has 0 bridgehead atoms. The second kappa shape index (κ2) is 6.13. The van der Waals surface area contributed by atoms with Gasteiger partial charge in [0.2, 0.25) is 0 Å². The van der Waals surface area contributed by atoms with Gasteiger partial charge in [-0.1, -0.05) is 13.3 Å². The summed E-state index contributed by atoms with van der Waals surface area (Å²) in [7, 11) is 0. The summed E-state index contributed by atoms with van der Waals surface area (Å²) in [5, 5.41) is 10.3. The maximum absolute atomic E-state index is 12.7. The molecule has 0 aromatic rings. The van der Waals surface area contributed by atoms with Crippen LogP contribution < -0.4 is 0 Å². The minimum absolute atomic E-state index is 0.303. The quantitative estimate of drug-likeness (QED) is 0.851. The highest BCUT2D eigenvalue weighted by Crippen LogP contribution is 2.42. The van der Waals surface area contributed by atoms with Gasteiger partial charge in [-0.2, -0.15) is 0 Å². The van der Waals surface area contributed by atoms with E-state index in [1.807, 2.05) is 27.7 Å². The third kappa shape index (κ3) is 3.51. The number of rotatable bonds is 2. The Bertz CT molecular complexity index is 371. The summed E-state index contributed by atoms with van der Waals surface area (Å²) in [6.07, 6.45) is 4.61. The Hall–Kier alpha value is -0.810. The molecule has 2 fully saturated rings. The van der Waals surface area contributed by atoms with Crippen molar-refractivity contribution in [3.8, 4) is 0 Å². The van der Waals surface area contributed by atoms with Gasteiger partial charge in [-0.3, -0.25) is 4.90 Å². The summed E-state index contributed by atoms with van der Waals surface area (Å²) < 4.78 is 11.6. The highest BCUT2D eigenvalue weighted by atomic mass is 16.6. The van der Waals surface area contributed by atoms with E-state index in [2.05, 4.69) is 0 Å². The number of aliphatic hydroxyl groups excluding tert-OH is 1. The van der Waals surface area contributed by atoms with Gasteiger partial charge in [-0.15, -0.1) is 0 Å². The molecule has 1 amide bonds. The van der Waals surface area contributed by atoms with Crippen LogP contribution in [0.15, 0.2) is 0 Å². The van der Waals surface area contributed by atoms with Crippen molar-refractivity contribution in [2.24, 2.45) is 0 Å². The van der Waals surface area contributed by atoms with Crippen molar-refractivity contribution in [3.63, 3.8) is 0 Å². The highest BCUT2D eigenvalue weighted by molar-refractivity contribution is 5.70. The van der Waals surface area contributed by atoms with Gasteiger partial charge in [0.15, 0.2) is 0 Å². The molecule has 1 aliphatic carbocycles. The van der Waals surface area contributed by atoms with Gasteiger partial charge >= 0.3 is 6.09 Å². The molecule has 0 aromatic heterocycles. The molecule has 2 rings (SSSR count). The number of hydrogen-bond donors (Lipinski definition) is 1. The number of hydrogen-bond acceptors (Lipinski definition) is 4. The normalized spacial score (nSPS) is 26.9. The molecule has 0 radical (unpaired) electrons. The Morgan fingerprint density at radius 1 is 1.38 bits per heavy atom. The lowest BCUT2D eigenvalue weighted by molar-refractivity contribution is -0.111. The Morgan fingerprint density at radius 3 is 2.52 bits per heavy atom. The summed E-state index contributed by atoms with van der Waals surface area (Å²) in [6.45, 7) is 7.90. The van der Waals surface area contributed by atoms with E-state index in [-0.39, 0.29) is 12.1 Å². The Kier molecular flexibility index (Phi) is 4.83. The van der Waals surface area contributed by atoms with Crippen LogP contribution in [0.3, 0.4) is 0 Å². The first kappa shape index (κ1) is 16.6. The van der Waals surface area contributed by atoms with E-state index in [0.29, 0.717) is 13.0 Å². The van der Waals surface area contributed by atoms with Crippen LogP contribution in [0.5, 0.6) is 0 Å². The van der Waals surface area contributed by atoms with Gasteiger partial charge in [-0.05, 0) is 52.9 Å². The molecule has 1 saturated heterocycles. The van der Waals surface area contributed by atoms with Crippen LogP contribution in [-0.2, 0) is 9.47 Å². The van der Waals surface area contributed by atoms with Crippen molar-refractivity contribution >= 4 is 6.09 Å². The third-order valence-corrected chi connectivity index (χ3v) is 4.38. The number of amides is 1. The van der Waals surface area contributed by atoms with Gasteiger partial charge in [0.05, 0.1) is 18.8 Å². The zero-order valence-corrected chi connectivity index (χ0v) is 13.7. The van der Waals surface area contributed by atoms with Crippen LogP contribution in [0.25, 0.3) is 0 Å². The largest absolute Gasteiger partial charge is 0.444 e. The van der Waals surface area contributed by atoms with Gasteiger partial charge in [0, 0.05) is 0 Å². The molecular formula is C16H29NO4. The fraction of sp³-hybridized carbons (Fsp3) is 0.938. The van der Waals surface area contributed by atoms with Gasteiger partial charge < -0.3 is 14.6 Å². The molecule has 1 saturated carbocycles. The van der Waals surface area contributed by atoms with Crippen molar-refractivity contribution in [3.05, 3.63) is 0 Å². The third-order valence-electron chi connectivity index (χ3n) is 4.38. The Morgan fingerprint density at radius 2 is 2.00 bits per heavy atom. The van der Waals surface area contributed by atoms with Crippen LogP contribution in [0.1, 0.15) is 66.2 Å². The lowest BCUT2D eigenvalue weighted by Crippen LogP contribution is -2.56. The molecule has 2 aliphatic rings. The van der Waals surface area contributed by atoms with E-state index < -0.39 is 17.4 Å². The van der Waals surface area contributed by atoms with E-state index in [9.17, 15) is 9.90 Å². The van der Waals surface area contributed by atoms with Crippen LogP contribution in [0, 0.1) is 0 Å². The highest BCUT2D eigenvalue weighted by Gasteiger charge is 2.53. The maximum Gasteiger partial charge on any atom is 0.413 e. The minimum Gasteiger partial charge on any atom is -0.444 e. The molecule has 5 heteroatoms. The zero-order chi connectivity index (χ0) is 15.7. The second-order valence-electron chi connectivity index (χ2n) is 7.21. The first-order valence-electron chi connectivity index (χ1n) is 8.13. The fourth-order valence-corrected chi connectivity index (χ4v) is 3.34. The number of nitrogens with zero attached hydrogens (tertiary/aromatic N) is 1. The molecule has 2 atom stereocenters. The molecule has 0 unspecified atom stereocenters. The van der Waals surface area contributed by atoms with Crippen molar-refractivity contribution in [1.29, 1.82) is 0 Å². The van der Waals surface area contributed by atoms with Crippen LogP contribution in [0.2, 0.25) is 0 Å². The fourth-order valence-electron chi connectivity index (χ4n) is 3.34. The topological polar surface area (TPSA) is 59.0 Å². The Balaban J connectivity index is 2.24. The summed E-state index contributed by atoms with van der Waals surface area (Å²) in [6, 6.07) is -0.303. The van der Waals surface area contributed by atoms with Crippen molar-refractivity contribution in [1.82, 2.24) is 4.90 Å². The predicted octanol–water partition coefficient (Wildman–Crippen LogP) is 3.05. The van der Waals surface area contributed by atoms with Gasteiger partial charge in [0.25, 0.3) is 0 Å². The van der Waals surface area contributed by atoms with Crippen LogP contribution in [-0.4, -0.2) is 46.2 Å². The molecular weight excluding hydrogens is 270 g/mol. The van der Waals surface area contributed by atoms with Gasteiger partial charge in [-0.25, -0.2) is 4.79 Å². The minimum atomic E-state index is -0.571. The number of carbonyl (C=O) groups is 1. The number of ether oxygens (including phenoxy) is 2. The first-order chi connectivity index (χ1) is 9.79. The number of carbonyl (C=O) groups excluding carboxylic acids is 1. The first-order valence-corrected chi connectivity index (χ1v) is 8.13. The van der Waals surface area contributed by atoms with Crippen molar-refractivity contribution in [2.45, 2.75) is 89.7 Å². The van der Waals surface area contributed by atoms with Crippen molar-refractivity contribution in [2.75, 3.05) is 6.61 Å². The molecule has 21 heavy (non-hydrogen) atoms. The summed E-state index contributed by atoms with van der Waals surface area (Å²) in [5.41, 5.74) is -1.11. The molecule has 5 nitrogen and oxygen atoms in total. The van der Waals surface area contributed by atoms with Crippen LogP contribution >= 0.6 is 0 Å². The van der Waals surface area contributed by atoms with E-state index in [1.54, 1.807) is 4.90 Å². The van der Waals surface area contributed by atoms with E-state index in [0.717, 1.165) is 25.7 Å². The lowest BCUT2D eigenvalue weighted by atomic mass is 9.90. The molecule has 1 spiro atoms. The summed E-state index contributed by atoms with van der Waals surface area (Å²) in [5.74, 6) is 0. The van der Waals surface area contributed by atoms with E-state index >= 15 is 0 Å². The molecule has 1 heterocycles.